The van der Waals surface area contributed by atoms with Crippen molar-refractivity contribution in [2.24, 2.45) is 0 Å². The van der Waals surface area contributed by atoms with Crippen molar-refractivity contribution in [1.82, 2.24) is 10.2 Å². The highest BCUT2D eigenvalue weighted by molar-refractivity contribution is 5.99. The van der Waals surface area contributed by atoms with Gasteiger partial charge in [0.25, 0.3) is 5.91 Å². The molecule has 2 aromatic rings. The van der Waals surface area contributed by atoms with Crippen LogP contribution in [-0.2, 0) is 20.9 Å². The fourth-order valence-corrected chi connectivity index (χ4v) is 3.22. The highest BCUT2D eigenvalue weighted by Gasteiger charge is 2.35. The van der Waals surface area contributed by atoms with Crippen LogP contribution in [0.4, 0.5) is 0 Å². The number of benzene rings is 2. The van der Waals surface area contributed by atoms with Crippen molar-refractivity contribution < 1.29 is 23.9 Å². The van der Waals surface area contributed by atoms with Gasteiger partial charge in [0, 0.05) is 18.7 Å². The molecule has 2 aromatic carbocycles. The molecule has 1 N–H and O–H groups in total. The fourth-order valence-electron chi connectivity index (χ4n) is 3.22. The summed E-state index contributed by atoms with van der Waals surface area (Å²) in [7, 11) is 0. The predicted molar refractivity (Wildman–Crippen MR) is 111 cm³/mol. The number of carbonyl (C=O) groups is 3. The Morgan fingerprint density at radius 3 is 2.70 bits per heavy atom. The largest absolute Gasteiger partial charge is 0.494 e. The molecule has 1 aliphatic heterocycles. The topological polar surface area (TPSA) is 84.9 Å². The average molecular weight is 410 g/mol. The zero-order valence-corrected chi connectivity index (χ0v) is 17.0. The summed E-state index contributed by atoms with van der Waals surface area (Å²) in [5, 5.41) is 2.72. The lowest BCUT2D eigenvalue weighted by atomic mass is 10.1. The van der Waals surface area contributed by atoms with Crippen LogP contribution in [0, 0.1) is 0 Å². The molecule has 0 spiro atoms. The van der Waals surface area contributed by atoms with Crippen molar-refractivity contribution in [2.75, 3.05) is 19.7 Å². The maximum Gasteiger partial charge on any atom is 0.308 e. The molecule has 0 aromatic heterocycles. The molecular formula is C23H26N2O5. The van der Waals surface area contributed by atoms with Gasteiger partial charge in [0.1, 0.15) is 18.4 Å². The third kappa shape index (κ3) is 5.59. The fraction of sp³-hybridized carbons (Fsp3) is 0.348. The molecule has 0 bridgehead atoms. The van der Waals surface area contributed by atoms with E-state index in [1.54, 1.807) is 24.3 Å². The summed E-state index contributed by atoms with van der Waals surface area (Å²) in [5.41, 5.74) is 1.27. The van der Waals surface area contributed by atoms with Crippen LogP contribution in [0.5, 0.6) is 5.75 Å². The summed E-state index contributed by atoms with van der Waals surface area (Å²) >= 11 is 0. The highest BCUT2D eigenvalue weighted by Crippen LogP contribution is 2.19. The standard InChI is InChI=1S/C23H26N2O5/c1-2-13-29-19-10-6-9-18(14-19)23(28)25-12-11-24-22(27)20(25)15-21(26)30-16-17-7-4-3-5-8-17/h3-10,14,20H,2,11-13,15-16H2,1H3,(H,24,27). The molecular weight excluding hydrogens is 384 g/mol. The number of rotatable bonds is 8. The van der Waals surface area contributed by atoms with Gasteiger partial charge in [-0.25, -0.2) is 0 Å². The van der Waals surface area contributed by atoms with Gasteiger partial charge >= 0.3 is 5.97 Å². The van der Waals surface area contributed by atoms with E-state index in [2.05, 4.69) is 5.32 Å². The Bertz CT molecular complexity index is 884. The number of hydrogen-bond acceptors (Lipinski definition) is 5. The molecule has 30 heavy (non-hydrogen) atoms. The first-order valence-corrected chi connectivity index (χ1v) is 10.1. The molecule has 7 nitrogen and oxygen atoms in total. The molecule has 3 rings (SSSR count). The number of carbonyl (C=O) groups excluding carboxylic acids is 3. The van der Waals surface area contributed by atoms with E-state index in [1.165, 1.54) is 4.90 Å². The SMILES string of the molecule is CCCOc1cccc(C(=O)N2CCNC(=O)C2CC(=O)OCc2ccccc2)c1. The molecule has 1 heterocycles. The van der Waals surface area contributed by atoms with Gasteiger partial charge < -0.3 is 19.7 Å². The second kappa shape index (κ2) is 10.4. The molecule has 1 unspecified atom stereocenters. The summed E-state index contributed by atoms with van der Waals surface area (Å²) in [4.78, 5) is 39.3. The van der Waals surface area contributed by atoms with Crippen molar-refractivity contribution in [3.63, 3.8) is 0 Å². The minimum absolute atomic E-state index is 0.124. The molecule has 0 radical (unpaired) electrons. The minimum atomic E-state index is -0.908. The second-order valence-corrected chi connectivity index (χ2v) is 7.03. The molecule has 0 aliphatic carbocycles. The van der Waals surface area contributed by atoms with Gasteiger partial charge in [-0.05, 0) is 30.2 Å². The number of hydrogen-bond donors (Lipinski definition) is 1. The van der Waals surface area contributed by atoms with E-state index in [1.807, 2.05) is 37.3 Å². The van der Waals surface area contributed by atoms with E-state index in [4.69, 9.17) is 9.47 Å². The van der Waals surface area contributed by atoms with Crippen molar-refractivity contribution in [3.05, 3.63) is 65.7 Å². The molecule has 1 atom stereocenters. The average Bonchev–Trinajstić information content (AvgIpc) is 2.78. The van der Waals surface area contributed by atoms with Gasteiger partial charge in [-0.2, -0.15) is 0 Å². The molecule has 0 saturated carbocycles. The van der Waals surface area contributed by atoms with Crippen LogP contribution in [0.2, 0.25) is 0 Å². The van der Waals surface area contributed by atoms with Gasteiger partial charge in [-0.3, -0.25) is 14.4 Å². The molecule has 1 fully saturated rings. The Morgan fingerprint density at radius 1 is 1.13 bits per heavy atom. The first kappa shape index (κ1) is 21.4. The van der Waals surface area contributed by atoms with Gasteiger partial charge in [0.2, 0.25) is 5.91 Å². The van der Waals surface area contributed by atoms with Crippen molar-refractivity contribution in [2.45, 2.75) is 32.4 Å². The number of nitrogens with zero attached hydrogens (tertiary/aromatic N) is 1. The van der Waals surface area contributed by atoms with E-state index in [0.29, 0.717) is 31.0 Å². The summed E-state index contributed by atoms with van der Waals surface area (Å²) in [6.45, 7) is 3.34. The minimum Gasteiger partial charge on any atom is -0.494 e. The lowest BCUT2D eigenvalue weighted by Gasteiger charge is -2.34. The molecule has 2 amide bonds. The monoisotopic (exact) mass is 410 g/mol. The Labute approximate surface area is 176 Å². The van der Waals surface area contributed by atoms with Gasteiger partial charge in [-0.1, -0.05) is 43.3 Å². The van der Waals surface area contributed by atoms with Crippen molar-refractivity contribution in [1.29, 1.82) is 0 Å². The van der Waals surface area contributed by atoms with Crippen LogP contribution in [0.15, 0.2) is 54.6 Å². The Balaban J connectivity index is 1.67. The van der Waals surface area contributed by atoms with Crippen LogP contribution < -0.4 is 10.1 Å². The zero-order valence-electron chi connectivity index (χ0n) is 17.0. The van der Waals surface area contributed by atoms with E-state index >= 15 is 0 Å². The molecule has 1 aliphatic rings. The number of nitrogens with one attached hydrogen (secondary N) is 1. The maximum atomic E-state index is 13.1. The third-order valence-corrected chi connectivity index (χ3v) is 4.75. The maximum absolute atomic E-state index is 13.1. The number of piperazine rings is 1. The lowest BCUT2D eigenvalue weighted by Crippen LogP contribution is -2.57. The highest BCUT2D eigenvalue weighted by atomic mass is 16.5. The van der Waals surface area contributed by atoms with E-state index in [0.717, 1.165) is 12.0 Å². The van der Waals surface area contributed by atoms with Gasteiger partial charge in [-0.15, -0.1) is 0 Å². The number of esters is 1. The van der Waals surface area contributed by atoms with Gasteiger partial charge in [0.15, 0.2) is 0 Å². The van der Waals surface area contributed by atoms with Crippen molar-refractivity contribution in [3.8, 4) is 5.75 Å². The van der Waals surface area contributed by atoms with E-state index in [-0.39, 0.29) is 24.8 Å². The smallest absolute Gasteiger partial charge is 0.308 e. The zero-order chi connectivity index (χ0) is 21.3. The third-order valence-electron chi connectivity index (χ3n) is 4.75. The van der Waals surface area contributed by atoms with Crippen LogP contribution in [0.1, 0.15) is 35.7 Å². The molecule has 158 valence electrons. The Kier molecular flexibility index (Phi) is 7.43. The van der Waals surface area contributed by atoms with Crippen LogP contribution in [-0.4, -0.2) is 48.4 Å². The van der Waals surface area contributed by atoms with Crippen molar-refractivity contribution >= 4 is 17.8 Å². The first-order chi connectivity index (χ1) is 14.6. The summed E-state index contributed by atoms with van der Waals surface area (Å²) < 4.78 is 10.9. The van der Waals surface area contributed by atoms with Crippen LogP contribution in [0.25, 0.3) is 0 Å². The lowest BCUT2D eigenvalue weighted by molar-refractivity contribution is -0.148. The number of amides is 2. The van der Waals surface area contributed by atoms with Crippen LogP contribution >= 0.6 is 0 Å². The number of ether oxygens (including phenoxy) is 2. The summed E-state index contributed by atoms with van der Waals surface area (Å²) in [5.74, 6) is -0.598. The first-order valence-electron chi connectivity index (χ1n) is 10.1. The quantitative estimate of drug-likeness (QED) is 0.676. The van der Waals surface area contributed by atoms with Crippen LogP contribution in [0.3, 0.4) is 0 Å². The normalized spacial score (nSPS) is 16.0. The van der Waals surface area contributed by atoms with E-state index < -0.39 is 12.0 Å². The Hall–Kier alpha value is -3.35. The van der Waals surface area contributed by atoms with Gasteiger partial charge in [0.05, 0.1) is 13.0 Å². The second-order valence-electron chi connectivity index (χ2n) is 7.03. The molecule has 7 heteroatoms. The Morgan fingerprint density at radius 2 is 1.93 bits per heavy atom. The van der Waals surface area contributed by atoms with E-state index in [9.17, 15) is 14.4 Å². The summed E-state index contributed by atoms with van der Waals surface area (Å²) in [6.07, 6.45) is 0.661. The predicted octanol–water partition coefficient (Wildman–Crippen LogP) is 2.55. The molecule has 1 saturated heterocycles. The summed E-state index contributed by atoms with van der Waals surface area (Å²) in [6, 6.07) is 15.3.